The minimum Gasteiger partial charge on any atom is -0.367 e. The van der Waals surface area contributed by atoms with Crippen LogP contribution in [0.1, 0.15) is 20.8 Å². The van der Waals surface area contributed by atoms with Gasteiger partial charge in [-0.15, -0.1) is 10.2 Å². The van der Waals surface area contributed by atoms with Gasteiger partial charge in [0.1, 0.15) is 0 Å². The molecule has 0 amide bonds. The van der Waals surface area contributed by atoms with Gasteiger partial charge in [0.15, 0.2) is 0 Å². The van der Waals surface area contributed by atoms with Crippen LogP contribution in [0, 0.1) is 5.41 Å². The van der Waals surface area contributed by atoms with E-state index in [1.54, 1.807) is 20.8 Å². The summed E-state index contributed by atoms with van der Waals surface area (Å²) in [5.41, 5.74) is -0.593. The zero-order valence-electron chi connectivity index (χ0n) is 12.2. The largest absolute Gasteiger partial charge is 0.367 e. The third kappa shape index (κ3) is 3.57. The minimum absolute atomic E-state index is 0.109. The Bertz CT molecular complexity index is 585. The number of aromatic amines is 1. The van der Waals surface area contributed by atoms with Gasteiger partial charge < -0.3 is 4.84 Å². The molecule has 0 spiro atoms. The number of piperazine rings is 1. The van der Waals surface area contributed by atoms with Crippen molar-refractivity contribution in [1.82, 2.24) is 24.8 Å². The molecule has 9 nitrogen and oxygen atoms in total. The molecule has 1 aromatic rings. The summed E-state index contributed by atoms with van der Waals surface area (Å²) >= 11 is 0. The van der Waals surface area contributed by atoms with Crippen molar-refractivity contribution in [2.75, 3.05) is 26.2 Å². The van der Waals surface area contributed by atoms with E-state index in [0.717, 1.165) is 0 Å². The molecule has 118 valence electrons. The van der Waals surface area contributed by atoms with E-state index in [4.69, 9.17) is 4.84 Å². The van der Waals surface area contributed by atoms with Crippen molar-refractivity contribution in [3.05, 3.63) is 6.20 Å². The summed E-state index contributed by atoms with van der Waals surface area (Å²) in [4.78, 5) is 17.0. The molecule has 10 heteroatoms. The lowest BCUT2D eigenvalue weighted by Crippen LogP contribution is -2.49. The first-order valence-corrected chi connectivity index (χ1v) is 7.98. The third-order valence-corrected chi connectivity index (χ3v) is 4.79. The average Bonchev–Trinajstić information content (AvgIpc) is 2.92. The maximum atomic E-state index is 12.2. The Hall–Kier alpha value is -1.52. The van der Waals surface area contributed by atoms with Crippen LogP contribution in [0.4, 0.5) is 0 Å². The zero-order valence-corrected chi connectivity index (χ0v) is 13.1. The second-order valence-electron chi connectivity index (χ2n) is 5.77. The van der Waals surface area contributed by atoms with Gasteiger partial charge in [-0.1, -0.05) is 0 Å². The molecule has 0 saturated carbocycles. The Labute approximate surface area is 123 Å². The number of nitrogens with one attached hydrogen (secondary N) is 1. The number of hydroxylamine groups is 2. The number of aromatic nitrogens is 3. The molecule has 1 fully saturated rings. The molecule has 0 unspecified atom stereocenters. The second-order valence-corrected chi connectivity index (χ2v) is 7.65. The fraction of sp³-hybridized carbons (Fsp3) is 0.727. The number of nitrogens with zero attached hydrogens (tertiary/aromatic N) is 4. The Morgan fingerprint density at radius 1 is 1.29 bits per heavy atom. The highest BCUT2D eigenvalue weighted by Crippen LogP contribution is 2.18. The maximum Gasteiger partial charge on any atom is 0.330 e. The predicted octanol–water partition coefficient (Wildman–Crippen LogP) is -0.385. The maximum absolute atomic E-state index is 12.2. The molecular weight excluding hydrogens is 298 g/mol. The van der Waals surface area contributed by atoms with Gasteiger partial charge in [0, 0.05) is 26.2 Å². The smallest absolute Gasteiger partial charge is 0.330 e. The molecule has 2 rings (SSSR count). The first kappa shape index (κ1) is 15.9. The predicted molar refractivity (Wildman–Crippen MR) is 72.3 cm³/mol. The van der Waals surface area contributed by atoms with Crippen LogP contribution in [0.2, 0.25) is 0 Å². The van der Waals surface area contributed by atoms with E-state index in [-0.39, 0.29) is 24.1 Å². The lowest BCUT2D eigenvalue weighted by Gasteiger charge is -2.33. The summed E-state index contributed by atoms with van der Waals surface area (Å²) in [7, 11) is -3.64. The van der Waals surface area contributed by atoms with Crippen molar-refractivity contribution >= 4 is 16.0 Å². The number of H-pyrrole nitrogens is 1. The molecule has 0 aromatic carbocycles. The fourth-order valence-electron chi connectivity index (χ4n) is 1.70. The fourth-order valence-corrected chi connectivity index (χ4v) is 2.95. The van der Waals surface area contributed by atoms with Gasteiger partial charge in [0.2, 0.25) is 5.03 Å². The van der Waals surface area contributed by atoms with Crippen molar-refractivity contribution in [3.63, 3.8) is 0 Å². The van der Waals surface area contributed by atoms with Gasteiger partial charge in [-0.3, -0.25) is 0 Å². The highest BCUT2D eigenvalue weighted by molar-refractivity contribution is 7.89. The van der Waals surface area contributed by atoms with E-state index >= 15 is 0 Å². The van der Waals surface area contributed by atoms with E-state index in [9.17, 15) is 13.2 Å². The number of hydrogen-bond acceptors (Lipinski definition) is 7. The summed E-state index contributed by atoms with van der Waals surface area (Å²) in [6, 6.07) is 0. The first-order valence-electron chi connectivity index (χ1n) is 6.54. The molecule has 0 bridgehead atoms. The van der Waals surface area contributed by atoms with Gasteiger partial charge in [-0.2, -0.15) is 14.6 Å². The highest BCUT2D eigenvalue weighted by atomic mass is 32.2. The topological polar surface area (TPSA) is 108 Å². The number of sulfonamides is 1. The summed E-state index contributed by atoms with van der Waals surface area (Å²) in [6.45, 7) is 6.39. The number of carbonyl (C=O) groups is 1. The standard InChI is InChI=1S/C11H19N5O4S/c1-11(2,3)10(17)20-15-4-6-16(7-5-15)21(18,19)9-8-12-14-13-9/h8H,4-7H2,1-3H3,(H,12,13,14). The second kappa shape index (κ2) is 5.70. The van der Waals surface area contributed by atoms with Crippen LogP contribution in [-0.2, 0) is 19.7 Å². The van der Waals surface area contributed by atoms with Crippen LogP contribution in [0.25, 0.3) is 0 Å². The monoisotopic (exact) mass is 317 g/mol. The van der Waals surface area contributed by atoms with Gasteiger partial charge in [-0.05, 0) is 20.8 Å². The van der Waals surface area contributed by atoms with Crippen molar-refractivity contribution in [2.24, 2.45) is 5.41 Å². The van der Waals surface area contributed by atoms with Crippen LogP contribution < -0.4 is 0 Å². The van der Waals surface area contributed by atoms with Gasteiger partial charge >= 0.3 is 5.97 Å². The summed E-state index contributed by atoms with van der Waals surface area (Å²) in [5.74, 6) is -0.338. The Morgan fingerprint density at radius 3 is 2.38 bits per heavy atom. The number of rotatable bonds is 3. The molecular formula is C11H19N5O4S. The Morgan fingerprint density at radius 2 is 1.90 bits per heavy atom. The SMILES string of the molecule is CC(C)(C)C(=O)ON1CCN(S(=O)(=O)c2cn[nH]n2)CC1. The molecule has 2 heterocycles. The number of hydrogen-bond donors (Lipinski definition) is 1. The van der Waals surface area contributed by atoms with E-state index in [1.807, 2.05) is 0 Å². The summed E-state index contributed by atoms with van der Waals surface area (Å²) in [5, 5.41) is 10.8. The van der Waals surface area contributed by atoms with Crippen LogP contribution in [-0.4, -0.2) is 65.3 Å². The van der Waals surface area contributed by atoms with E-state index in [1.165, 1.54) is 15.6 Å². The van der Waals surface area contributed by atoms with Gasteiger partial charge in [0.25, 0.3) is 10.0 Å². The molecule has 0 atom stereocenters. The zero-order chi connectivity index (χ0) is 15.7. The lowest BCUT2D eigenvalue weighted by molar-refractivity contribution is -0.204. The quantitative estimate of drug-likeness (QED) is 0.809. The molecule has 1 aliphatic rings. The van der Waals surface area contributed by atoms with Crippen LogP contribution in [0.5, 0.6) is 0 Å². The van der Waals surface area contributed by atoms with Crippen LogP contribution in [0.15, 0.2) is 11.2 Å². The van der Waals surface area contributed by atoms with Crippen molar-refractivity contribution in [2.45, 2.75) is 25.8 Å². The molecule has 1 aromatic heterocycles. The van der Waals surface area contributed by atoms with Crippen LogP contribution >= 0.6 is 0 Å². The molecule has 0 radical (unpaired) electrons. The van der Waals surface area contributed by atoms with Gasteiger partial charge in [0.05, 0.1) is 11.6 Å². The summed E-state index contributed by atoms with van der Waals surface area (Å²) in [6.07, 6.45) is 1.17. The Kier molecular flexibility index (Phi) is 4.30. The highest BCUT2D eigenvalue weighted by Gasteiger charge is 2.33. The molecule has 21 heavy (non-hydrogen) atoms. The minimum atomic E-state index is -3.64. The average molecular weight is 317 g/mol. The van der Waals surface area contributed by atoms with E-state index in [0.29, 0.717) is 13.1 Å². The molecule has 1 N–H and O–H groups in total. The molecule has 1 aliphatic heterocycles. The van der Waals surface area contributed by atoms with Crippen molar-refractivity contribution in [1.29, 1.82) is 0 Å². The van der Waals surface area contributed by atoms with E-state index < -0.39 is 15.4 Å². The van der Waals surface area contributed by atoms with Crippen molar-refractivity contribution < 1.29 is 18.0 Å². The molecule has 0 aliphatic carbocycles. The van der Waals surface area contributed by atoms with Crippen LogP contribution in [0.3, 0.4) is 0 Å². The van der Waals surface area contributed by atoms with Gasteiger partial charge in [-0.25, -0.2) is 13.2 Å². The Balaban J connectivity index is 1.94. The summed E-state index contributed by atoms with van der Waals surface area (Å²) < 4.78 is 25.7. The van der Waals surface area contributed by atoms with Crippen molar-refractivity contribution in [3.8, 4) is 0 Å². The lowest BCUT2D eigenvalue weighted by atomic mass is 9.98. The van der Waals surface area contributed by atoms with E-state index in [2.05, 4.69) is 15.4 Å². The molecule has 1 saturated heterocycles. The number of carbonyl (C=O) groups excluding carboxylic acids is 1. The normalized spacial score (nSPS) is 18.6. The third-order valence-electron chi connectivity index (χ3n) is 3.02. The first-order chi connectivity index (χ1) is 9.71.